The van der Waals surface area contributed by atoms with Crippen LogP contribution >= 0.6 is 24.0 Å². The SMILES string of the molecule is COc1ccc(/C=C2\SC(=S)N(CCCC(=O)NC34CC5CC(CC(O)(C5)C3)C4)C2=O)cc1. The molecular weight excluding hydrogens is 456 g/mol. The van der Waals surface area contributed by atoms with E-state index >= 15 is 0 Å². The minimum Gasteiger partial charge on any atom is -0.497 e. The number of carbonyl (C=O) groups is 2. The first-order chi connectivity index (χ1) is 15.8. The summed E-state index contributed by atoms with van der Waals surface area (Å²) in [6.45, 7) is 0.431. The van der Waals surface area contributed by atoms with Gasteiger partial charge in [0, 0.05) is 18.5 Å². The molecule has 0 spiro atoms. The Labute approximate surface area is 204 Å². The number of ether oxygens (including phenoxy) is 1. The predicted octanol–water partition coefficient (Wildman–Crippen LogP) is 3.88. The van der Waals surface area contributed by atoms with Crippen molar-refractivity contribution in [2.24, 2.45) is 11.8 Å². The van der Waals surface area contributed by atoms with E-state index < -0.39 is 5.60 Å². The van der Waals surface area contributed by atoms with Crippen LogP contribution in [-0.4, -0.2) is 50.9 Å². The summed E-state index contributed by atoms with van der Waals surface area (Å²) in [5.74, 6) is 1.73. The van der Waals surface area contributed by atoms with Crippen molar-refractivity contribution in [3.8, 4) is 5.75 Å². The molecule has 4 bridgehead atoms. The number of thiocarbonyl (C=S) groups is 1. The molecule has 1 aromatic rings. The van der Waals surface area contributed by atoms with Crippen molar-refractivity contribution in [1.29, 1.82) is 0 Å². The van der Waals surface area contributed by atoms with Crippen molar-refractivity contribution >= 4 is 46.2 Å². The molecular formula is C25H30N2O4S2. The number of methoxy groups -OCH3 is 1. The van der Waals surface area contributed by atoms with Crippen LogP contribution in [0.25, 0.3) is 6.08 Å². The summed E-state index contributed by atoms with van der Waals surface area (Å²) in [6.07, 6.45) is 8.38. The molecule has 6 nitrogen and oxygen atoms in total. The van der Waals surface area contributed by atoms with Crippen LogP contribution in [0.15, 0.2) is 29.2 Å². The second kappa shape index (κ2) is 8.71. The monoisotopic (exact) mass is 486 g/mol. The largest absolute Gasteiger partial charge is 0.497 e. The van der Waals surface area contributed by atoms with Crippen LogP contribution < -0.4 is 10.1 Å². The number of benzene rings is 1. The van der Waals surface area contributed by atoms with Crippen molar-refractivity contribution < 1.29 is 19.4 Å². The van der Waals surface area contributed by atoms with Gasteiger partial charge in [0.25, 0.3) is 5.91 Å². The Morgan fingerprint density at radius 2 is 1.97 bits per heavy atom. The Morgan fingerprint density at radius 3 is 2.61 bits per heavy atom. The number of aliphatic hydroxyl groups is 1. The standard InChI is InChI=1S/C25H30N2O4S2/c1-31-19-6-4-16(5-7-19)10-20-22(29)27(23(32)33-20)8-2-3-21(28)26-24-11-17-9-18(12-24)14-25(30,13-17)15-24/h4-7,10,17-18,30H,2-3,8-9,11-15H2,1H3,(H,26,28)/b20-10-. The lowest BCUT2D eigenvalue weighted by Crippen LogP contribution is -2.65. The second-order valence-corrected chi connectivity index (χ2v) is 11.9. The van der Waals surface area contributed by atoms with E-state index in [4.69, 9.17) is 17.0 Å². The van der Waals surface area contributed by atoms with Gasteiger partial charge in [0.2, 0.25) is 5.91 Å². The molecule has 4 saturated carbocycles. The first kappa shape index (κ1) is 22.9. The van der Waals surface area contributed by atoms with E-state index in [2.05, 4.69) is 5.32 Å². The van der Waals surface area contributed by atoms with Crippen LogP contribution in [0.3, 0.4) is 0 Å². The molecule has 1 heterocycles. The van der Waals surface area contributed by atoms with Crippen LogP contribution in [0.5, 0.6) is 5.75 Å². The summed E-state index contributed by atoms with van der Waals surface area (Å²) in [4.78, 5) is 27.8. The van der Waals surface area contributed by atoms with Crippen molar-refractivity contribution in [2.75, 3.05) is 13.7 Å². The molecule has 0 aromatic heterocycles. The van der Waals surface area contributed by atoms with Crippen LogP contribution in [-0.2, 0) is 9.59 Å². The number of hydrogen-bond acceptors (Lipinski definition) is 6. The van der Waals surface area contributed by atoms with Gasteiger partial charge in [0.1, 0.15) is 10.1 Å². The van der Waals surface area contributed by atoms with Crippen molar-refractivity contribution in [1.82, 2.24) is 10.2 Å². The predicted molar refractivity (Wildman–Crippen MR) is 133 cm³/mol. The Balaban J connectivity index is 1.14. The van der Waals surface area contributed by atoms with Crippen molar-refractivity contribution in [3.63, 3.8) is 0 Å². The maximum Gasteiger partial charge on any atom is 0.266 e. The number of hydrogen-bond donors (Lipinski definition) is 2. The molecule has 8 heteroatoms. The number of rotatable bonds is 7. The van der Waals surface area contributed by atoms with E-state index in [-0.39, 0.29) is 17.4 Å². The third kappa shape index (κ3) is 4.70. The molecule has 6 rings (SSSR count). The van der Waals surface area contributed by atoms with E-state index in [0.29, 0.717) is 46.9 Å². The zero-order valence-electron chi connectivity index (χ0n) is 18.8. The summed E-state index contributed by atoms with van der Waals surface area (Å²) >= 11 is 6.72. The van der Waals surface area contributed by atoms with Crippen LogP contribution in [0.4, 0.5) is 0 Å². The third-order valence-corrected chi connectivity index (χ3v) is 8.89. The Morgan fingerprint density at radius 1 is 1.27 bits per heavy atom. The zero-order valence-corrected chi connectivity index (χ0v) is 20.5. The number of carbonyl (C=O) groups excluding carboxylic acids is 2. The Kier molecular flexibility index (Phi) is 6.04. The topological polar surface area (TPSA) is 78.9 Å². The Hall–Kier alpha value is -1.90. The molecule has 2 amide bonds. The van der Waals surface area contributed by atoms with Gasteiger partial charge < -0.3 is 15.2 Å². The maximum absolute atomic E-state index is 12.8. The first-order valence-corrected chi connectivity index (χ1v) is 12.9. The van der Waals surface area contributed by atoms with Crippen molar-refractivity contribution in [3.05, 3.63) is 34.7 Å². The fourth-order valence-corrected chi connectivity index (χ4v) is 7.97. The number of nitrogens with zero attached hydrogens (tertiary/aromatic N) is 1. The van der Waals surface area contributed by atoms with Gasteiger partial charge >= 0.3 is 0 Å². The molecule has 2 N–H and O–H groups in total. The van der Waals surface area contributed by atoms with Crippen LogP contribution in [0.1, 0.15) is 56.9 Å². The average Bonchev–Trinajstić information content (AvgIpc) is 2.99. The van der Waals surface area contributed by atoms with E-state index in [1.807, 2.05) is 30.3 Å². The molecule has 2 atom stereocenters. The highest BCUT2D eigenvalue weighted by Gasteiger charge is 2.57. The molecule has 33 heavy (non-hydrogen) atoms. The highest BCUT2D eigenvalue weighted by Crippen LogP contribution is 2.57. The summed E-state index contributed by atoms with van der Waals surface area (Å²) < 4.78 is 5.70. The third-order valence-electron chi connectivity index (χ3n) is 7.51. The number of nitrogens with one attached hydrogen (secondary N) is 1. The minimum absolute atomic E-state index is 0.0137. The minimum atomic E-state index is -0.588. The van der Waals surface area contributed by atoms with Gasteiger partial charge in [-0.25, -0.2) is 0 Å². The van der Waals surface area contributed by atoms with Gasteiger partial charge in [0.05, 0.1) is 17.6 Å². The summed E-state index contributed by atoms with van der Waals surface area (Å²) in [5, 5.41) is 14.2. The lowest BCUT2D eigenvalue weighted by atomic mass is 9.51. The summed E-state index contributed by atoms with van der Waals surface area (Å²) in [5.41, 5.74) is 0.0849. The molecule has 1 aliphatic heterocycles. The average molecular weight is 487 g/mol. The van der Waals surface area contributed by atoms with E-state index in [1.165, 1.54) is 18.2 Å². The second-order valence-electron chi connectivity index (χ2n) is 10.2. The molecule has 5 aliphatic rings. The highest BCUT2D eigenvalue weighted by atomic mass is 32.2. The molecule has 0 radical (unpaired) electrons. The number of amides is 2. The normalized spacial score (nSPS) is 33.8. The zero-order chi connectivity index (χ0) is 23.2. The van der Waals surface area contributed by atoms with Gasteiger partial charge in [-0.15, -0.1) is 0 Å². The quantitative estimate of drug-likeness (QED) is 0.450. The van der Waals surface area contributed by atoms with E-state index in [0.717, 1.165) is 37.0 Å². The smallest absolute Gasteiger partial charge is 0.266 e. The van der Waals surface area contributed by atoms with Gasteiger partial charge in [-0.1, -0.05) is 36.1 Å². The van der Waals surface area contributed by atoms with Gasteiger partial charge in [-0.05, 0) is 80.6 Å². The van der Waals surface area contributed by atoms with Crippen molar-refractivity contribution in [2.45, 2.75) is 62.5 Å². The van der Waals surface area contributed by atoms with Gasteiger partial charge in [-0.3, -0.25) is 14.5 Å². The first-order valence-electron chi connectivity index (χ1n) is 11.7. The summed E-state index contributed by atoms with van der Waals surface area (Å²) in [7, 11) is 1.62. The van der Waals surface area contributed by atoms with E-state index in [9.17, 15) is 14.7 Å². The van der Waals surface area contributed by atoms with Crippen LogP contribution in [0, 0.1) is 11.8 Å². The fourth-order valence-electron chi connectivity index (χ4n) is 6.66. The molecule has 1 aromatic carbocycles. The highest BCUT2D eigenvalue weighted by molar-refractivity contribution is 8.26. The lowest BCUT2D eigenvalue weighted by Gasteiger charge is -2.60. The van der Waals surface area contributed by atoms with Crippen LogP contribution in [0.2, 0.25) is 0 Å². The van der Waals surface area contributed by atoms with Gasteiger partial charge in [-0.2, -0.15) is 0 Å². The molecule has 5 fully saturated rings. The molecule has 4 aliphatic carbocycles. The summed E-state index contributed by atoms with van der Waals surface area (Å²) in [6, 6.07) is 7.51. The van der Waals surface area contributed by atoms with Gasteiger partial charge in [0.15, 0.2) is 0 Å². The molecule has 176 valence electrons. The molecule has 1 saturated heterocycles. The fraction of sp³-hybridized carbons (Fsp3) is 0.560. The number of thioether (sulfide) groups is 1. The maximum atomic E-state index is 12.8. The Bertz CT molecular complexity index is 992. The van der Waals surface area contributed by atoms with E-state index in [1.54, 1.807) is 12.0 Å². The molecule has 2 unspecified atom stereocenters. The lowest BCUT2D eigenvalue weighted by molar-refractivity contribution is -0.151.